The molecule has 14 heavy (non-hydrogen) atoms. The molecule has 0 amide bonds. The van der Waals surface area contributed by atoms with Gasteiger partial charge >= 0.3 is 0 Å². The highest BCUT2D eigenvalue weighted by atomic mass is 35.5. The highest BCUT2D eigenvalue weighted by Crippen LogP contribution is 2.21. The van der Waals surface area contributed by atoms with Crippen molar-refractivity contribution in [2.75, 3.05) is 12.9 Å². The minimum absolute atomic E-state index is 0.621. The van der Waals surface area contributed by atoms with Crippen LogP contribution >= 0.6 is 24.2 Å². The molecule has 0 heterocycles. The molecule has 0 fully saturated rings. The van der Waals surface area contributed by atoms with Crippen LogP contribution in [0.5, 0.6) is 5.75 Å². The minimum atomic E-state index is 0.621. The number of hydrogen-bond donors (Lipinski definition) is 1. The van der Waals surface area contributed by atoms with Crippen molar-refractivity contribution in [2.45, 2.75) is 6.42 Å². The van der Waals surface area contributed by atoms with Crippen LogP contribution in [0.2, 0.25) is 5.02 Å². The molecule has 0 bridgehead atoms. The quantitative estimate of drug-likeness (QED) is 0.603. The maximum atomic E-state index is 5.99. The van der Waals surface area contributed by atoms with Crippen molar-refractivity contribution in [3.63, 3.8) is 0 Å². The molecule has 0 aliphatic carbocycles. The van der Waals surface area contributed by atoms with Crippen LogP contribution in [0.3, 0.4) is 0 Å². The maximum Gasteiger partial charge on any atom is 0.120 e. The zero-order chi connectivity index (χ0) is 10.4. The van der Waals surface area contributed by atoms with Crippen LogP contribution in [0.1, 0.15) is 12.0 Å². The van der Waals surface area contributed by atoms with Crippen LogP contribution in [0.25, 0.3) is 0 Å². The molecule has 0 N–H and O–H groups in total. The van der Waals surface area contributed by atoms with E-state index in [0.717, 1.165) is 23.5 Å². The van der Waals surface area contributed by atoms with Gasteiger partial charge in [-0.25, -0.2) is 0 Å². The molecule has 0 atom stereocenters. The molecular weight excluding hydrogens is 216 g/mol. The van der Waals surface area contributed by atoms with Crippen molar-refractivity contribution < 1.29 is 4.74 Å². The van der Waals surface area contributed by atoms with E-state index in [9.17, 15) is 0 Å². The standard InChI is InChI=1S/C11H11ClOS/c1-13-10-6-5-9(11(12)8-10)4-2-3-7-14/h5-6,8,14H,3,7H2,1H3. The molecule has 3 heteroatoms. The molecule has 1 nitrogen and oxygen atoms in total. The average Bonchev–Trinajstić information content (AvgIpc) is 2.20. The zero-order valence-corrected chi connectivity index (χ0v) is 9.53. The van der Waals surface area contributed by atoms with Crippen molar-refractivity contribution in [1.29, 1.82) is 0 Å². The fourth-order valence-corrected chi connectivity index (χ4v) is 1.27. The first kappa shape index (κ1) is 11.3. The highest BCUT2D eigenvalue weighted by molar-refractivity contribution is 7.80. The number of ether oxygens (including phenoxy) is 1. The molecule has 74 valence electrons. The smallest absolute Gasteiger partial charge is 0.120 e. The Balaban J connectivity index is 2.85. The summed E-state index contributed by atoms with van der Waals surface area (Å²) in [6.45, 7) is 0. The van der Waals surface area contributed by atoms with Crippen LogP contribution < -0.4 is 4.74 Å². The van der Waals surface area contributed by atoms with Gasteiger partial charge in [-0.2, -0.15) is 12.6 Å². The number of halogens is 1. The first-order valence-corrected chi connectivity index (χ1v) is 5.22. The fourth-order valence-electron chi connectivity index (χ4n) is 0.938. The Morgan fingerprint density at radius 3 is 2.86 bits per heavy atom. The molecule has 0 radical (unpaired) electrons. The number of rotatable bonds is 2. The van der Waals surface area contributed by atoms with E-state index in [1.54, 1.807) is 13.2 Å². The third kappa shape index (κ3) is 3.17. The monoisotopic (exact) mass is 226 g/mol. The van der Waals surface area contributed by atoms with Gasteiger partial charge in [0, 0.05) is 17.7 Å². The van der Waals surface area contributed by atoms with E-state index < -0.39 is 0 Å². The molecule has 1 aromatic rings. The van der Waals surface area contributed by atoms with Gasteiger partial charge in [0.25, 0.3) is 0 Å². The third-order valence-electron chi connectivity index (χ3n) is 1.64. The number of methoxy groups -OCH3 is 1. The number of benzene rings is 1. The second-order valence-electron chi connectivity index (χ2n) is 2.62. The highest BCUT2D eigenvalue weighted by Gasteiger charge is 1.98. The van der Waals surface area contributed by atoms with Crippen LogP contribution in [0, 0.1) is 11.8 Å². The summed E-state index contributed by atoms with van der Waals surface area (Å²) >= 11 is 10.1. The van der Waals surface area contributed by atoms with Crippen molar-refractivity contribution in [1.82, 2.24) is 0 Å². The van der Waals surface area contributed by atoms with Crippen LogP contribution in [0.4, 0.5) is 0 Å². The molecule has 0 aliphatic rings. The van der Waals surface area contributed by atoms with Gasteiger partial charge in [-0.05, 0) is 18.2 Å². The summed E-state index contributed by atoms with van der Waals surface area (Å²) in [5.41, 5.74) is 0.828. The number of hydrogen-bond acceptors (Lipinski definition) is 2. The first-order valence-electron chi connectivity index (χ1n) is 4.21. The van der Waals surface area contributed by atoms with Crippen molar-refractivity contribution >= 4 is 24.2 Å². The molecule has 1 aromatic carbocycles. The summed E-state index contributed by atoms with van der Waals surface area (Å²) in [7, 11) is 1.61. The van der Waals surface area contributed by atoms with Gasteiger partial charge in [0.15, 0.2) is 0 Å². The summed E-state index contributed by atoms with van der Waals surface area (Å²) in [5, 5.41) is 0.621. The van der Waals surface area contributed by atoms with Crippen molar-refractivity contribution in [3.8, 4) is 17.6 Å². The maximum absolute atomic E-state index is 5.99. The second-order valence-corrected chi connectivity index (χ2v) is 3.48. The van der Waals surface area contributed by atoms with E-state index in [0.29, 0.717) is 5.02 Å². The van der Waals surface area contributed by atoms with Gasteiger partial charge in [0.1, 0.15) is 5.75 Å². The molecule has 0 unspecified atom stereocenters. The molecule has 1 rings (SSSR count). The molecular formula is C11H11ClOS. The lowest BCUT2D eigenvalue weighted by molar-refractivity contribution is 0.415. The lowest BCUT2D eigenvalue weighted by Crippen LogP contribution is -1.84. The Morgan fingerprint density at radius 1 is 1.50 bits per heavy atom. The summed E-state index contributed by atoms with van der Waals surface area (Å²) < 4.78 is 5.03. The molecule has 0 saturated carbocycles. The lowest BCUT2D eigenvalue weighted by Gasteiger charge is -2.00. The van der Waals surface area contributed by atoms with E-state index in [1.165, 1.54) is 0 Å². The first-order chi connectivity index (χ1) is 6.77. The third-order valence-corrected chi connectivity index (χ3v) is 2.17. The summed E-state index contributed by atoms with van der Waals surface area (Å²) in [4.78, 5) is 0. The van der Waals surface area contributed by atoms with Gasteiger partial charge in [-0.15, -0.1) is 0 Å². The minimum Gasteiger partial charge on any atom is -0.497 e. The Labute approximate surface area is 94.8 Å². The van der Waals surface area contributed by atoms with Gasteiger partial charge < -0.3 is 4.74 Å². The predicted octanol–water partition coefficient (Wildman–Crippen LogP) is 3.02. The van der Waals surface area contributed by atoms with E-state index in [2.05, 4.69) is 24.5 Å². The normalized spacial score (nSPS) is 9.07. The van der Waals surface area contributed by atoms with E-state index in [4.69, 9.17) is 16.3 Å². The Hall–Kier alpha value is -0.780. The van der Waals surface area contributed by atoms with Gasteiger partial charge in [-0.1, -0.05) is 23.4 Å². The van der Waals surface area contributed by atoms with Gasteiger partial charge in [0.05, 0.1) is 12.1 Å². The summed E-state index contributed by atoms with van der Waals surface area (Å²) in [6, 6.07) is 5.45. The summed E-state index contributed by atoms with van der Waals surface area (Å²) in [5.74, 6) is 7.47. The molecule has 0 spiro atoms. The van der Waals surface area contributed by atoms with E-state index in [1.807, 2.05) is 12.1 Å². The van der Waals surface area contributed by atoms with E-state index in [-0.39, 0.29) is 0 Å². The van der Waals surface area contributed by atoms with Crippen molar-refractivity contribution in [3.05, 3.63) is 28.8 Å². The van der Waals surface area contributed by atoms with Gasteiger partial charge in [-0.3, -0.25) is 0 Å². The number of thiol groups is 1. The van der Waals surface area contributed by atoms with Crippen LogP contribution in [-0.2, 0) is 0 Å². The summed E-state index contributed by atoms with van der Waals surface area (Å²) in [6.07, 6.45) is 0.769. The molecule has 0 aromatic heterocycles. The van der Waals surface area contributed by atoms with Gasteiger partial charge in [0.2, 0.25) is 0 Å². The Kier molecular flexibility index (Phi) is 4.72. The van der Waals surface area contributed by atoms with Crippen LogP contribution in [-0.4, -0.2) is 12.9 Å². The fraction of sp³-hybridized carbons (Fsp3) is 0.273. The van der Waals surface area contributed by atoms with Crippen LogP contribution in [0.15, 0.2) is 18.2 Å². The average molecular weight is 227 g/mol. The largest absolute Gasteiger partial charge is 0.497 e. The Bertz CT molecular complexity index is 365. The molecule has 0 saturated heterocycles. The topological polar surface area (TPSA) is 9.23 Å². The van der Waals surface area contributed by atoms with E-state index >= 15 is 0 Å². The molecule has 0 aliphatic heterocycles. The Morgan fingerprint density at radius 2 is 2.29 bits per heavy atom. The predicted molar refractivity (Wildman–Crippen MR) is 63.4 cm³/mol. The SMILES string of the molecule is COc1ccc(C#CCCS)c(Cl)c1. The van der Waals surface area contributed by atoms with Crippen molar-refractivity contribution in [2.24, 2.45) is 0 Å². The lowest BCUT2D eigenvalue weighted by atomic mass is 10.2. The second kappa shape index (κ2) is 5.85. The zero-order valence-electron chi connectivity index (χ0n) is 7.88.